The lowest BCUT2D eigenvalue weighted by Gasteiger charge is -2.11. The van der Waals surface area contributed by atoms with Crippen LogP contribution in [0.5, 0.6) is 0 Å². The third-order valence-corrected chi connectivity index (χ3v) is 2.77. The summed E-state index contributed by atoms with van der Waals surface area (Å²) in [4.78, 5) is 23.1. The van der Waals surface area contributed by atoms with Crippen molar-refractivity contribution in [3.05, 3.63) is 28.8 Å². The van der Waals surface area contributed by atoms with E-state index in [0.717, 1.165) is 0 Å². The molecule has 0 fully saturated rings. The SMILES string of the molecule is COC(=O)c1cc(NC(=O)C(C)CN)ccc1Cl. The Kier molecular flexibility index (Phi) is 5.12. The molecule has 6 heteroatoms. The fourth-order valence-corrected chi connectivity index (χ4v) is 1.44. The Morgan fingerprint density at radius 2 is 2.17 bits per heavy atom. The number of amides is 1. The number of anilines is 1. The van der Waals surface area contributed by atoms with Crippen LogP contribution in [0, 0.1) is 5.92 Å². The summed E-state index contributed by atoms with van der Waals surface area (Å²) in [6, 6.07) is 4.60. The Labute approximate surface area is 110 Å². The molecule has 3 N–H and O–H groups in total. The predicted molar refractivity (Wildman–Crippen MR) is 69.6 cm³/mol. The first-order chi connectivity index (χ1) is 8.49. The van der Waals surface area contributed by atoms with E-state index in [4.69, 9.17) is 17.3 Å². The van der Waals surface area contributed by atoms with Gasteiger partial charge in [-0.1, -0.05) is 18.5 Å². The number of ether oxygens (including phenoxy) is 1. The number of nitrogens with two attached hydrogens (primary N) is 1. The smallest absolute Gasteiger partial charge is 0.339 e. The zero-order chi connectivity index (χ0) is 13.7. The summed E-state index contributed by atoms with van der Waals surface area (Å²) in [5.74, 6) is -1.07. The maximum Gasteiger partial charge on any atom is 0.339 e. The van der Waals surface area contributed by atoms with E-state index in [9.17, 15) is 9.59 Å². The molecule has 5 nitrogen and oxygen atoms in total. The van der Waals surface area contributed by atoms with E-state index < -0.39 is 5.97 Å². The average molecular weight is 271 g/mol. The molecule has 1 amide bonds. The van der Waals surface area contributed by atoms with Crippen molar-refractivity contribution >= 4 is 29.2 Å². The van der Waals surface area contributed by atoms with Crippen LogP contribution in [0.25, 0.3) is 0 Å². The molecule has 98 valence electrons. The van der Waals surface area contributed by atoms with Crippen molar-refractivity contribution in [2.24, 2.45) is 11.7 Å². The van der Waals surface area contributed by atoms with Crippen molar-refractivity contribution in [3.8, 4) is 0 Å². The molecule has 1 unspecified atom stereocenters. The van der Waals surface area contributed by atoms with Gasteiger partial charge in [0.15, 0.2) is 0 Å². The van der Waals surface area contributed by atoms with Gasteiger partial charge in [-0.2, -0.15) is 0 Å². The molecule has 0 aliphatic rings. The highest BCUT2D eigenvalue weighted by Gasteiger charge is 2.14. The summed E-state index contributed by atoms with van der Waals surface area (Å²) in [6.45, 7) is 1.97. The summed E-state index contributed by atoms with van der Waals surface area (Å²) in [5.41, 5.74) is 6.08. The Bertz CT molecular complexity index is 463. The number of nitrogens with one attached hydrogen (secondary N) is 1. The van der Waals surface area contributed by atoms with Gasteiger partial charge in [0, 0.05) is 18.2 Å². The first-order valence-electron chi connectivity index (χ1n) is 5.38. The minimum atomic E-state index is -0.553. The molecule has 1 atom stereocenters. The quantitative estimate of drug-likeness (QED) is 0.816. The van der Waals surface area contributed by atoms with Gasteiger partial charge in [-0.15, -0.1) is 0 Å². The van der Waals surface area contributed by atoms with Gasteiger partial charge in [-0.05, 0) is 18.2 Å². The Morgan fingerprint density at radius 3 is 2.72 bits per heavy atom. The summed E-state index contributed by atoms with van der Waals surface area (Å²) in [5, 5.41) is 2.92. The molecule has 0 heterocycles. The van der Waals surface area contributed by atoms with Gasteiger partial charge in [0.05, 0.1) is 17.7 Å². The van der Waals surface area contributed by atoms with Crippen LogP contribution >= 0.6 is 11.6 Å². The van der Waals surface area contributed by atoms with Gasteiger partial charge >= 0.3 is 5.97 Å². The molecular weight excluding hydrogens is 256 g/mol. The van der Waals surface area contributed by atoms with Crippen molar-refractivity contribution in [2.75, 3.05) is 19.0 Å². The van der Waals surface area contributed by atoms with Gasteiger partial charge < -0.3 is 15.8 Å². The van der Waals surface area contributed by atoms with E-state index in [-0.39, 0.29) is 29.0 Å². The third kappa shape index (κ3) is 3.45. The van der Waals surface area contributed by atoms with E-state index in [1.165, 1.54) is 19.2 Å². The third-order valence-electron chi connectivity index (χ3n) is 2.44. The van der Waals surface area contributed by atoms with Gasteiger partial charge in [-0.25, -0.2) is 4.79 Å². The number of methoxy groups -OCH3 is 1. The Morgan fingerprint density at radius 1 is 1.50 bits per heavy atom. The lowest BCUT2D eigenvalue weighted by atomic mass is 10.1. The van der Waals surface area contributed by atoms with Crippen LogP contribution in [0.3, 0.4) is 0 Å². The summed E-state index contributed by atoms with van der Waals surface area (Å²) in [7, 11) is 1.26. The van der Waals surface area contributed by atoms with Crippen molar-refractivity contribution in [1.82, 2.24) is 0 Å². The molecule has 0 aliphatic heterocycles. The molecule has 0 saturated heterocycles. The van der Waals surface area contributed by atoms with Crippen LogP contribution in [-0.4, -0.2) is 25.5 Å². The normalized spacial score (nSPS) is 11.8. The fourth-order valence-electron chi connectivity index (χ4n) is 1.24. The van der Waals surface area contributed by atoms with Crippen molar-refractivity contribution in [3.63, 3.8) is 0 Å². The molecule has 0 spiro atoms. The highest BCUT2D eigenvalue weighted by atomic mass is 35.5. The number of benzene rings is 1. The van der Waals surface area contributed by atoms with E-state index in [1.54, 1.807) is 13.0 Å². The van der Waals surface area contributed by atoms with Crippen LogP contribution in [0.4, 0.5) is 5.69 Å². The minimum absolute atomic E-state index is 0.206. The van der Waals surface area contributed by atoms with Crippen molar-refractivity contribution in [1.29, 1.82) is 0 Å². The van der Waals surface area contributed by atoms with Crippen LogP contribution in [0.1, 0.15) is 17.3 Å². The number of carbonyl (C=O) groups excluding carboxylic acids is 2. The zero-order valence-electron chi connectivity index (χ0n) is 10.2. The second-order valence-electron chi connectivity index (χ2n) is 3.81. The molecule has 0 aromatic heterocycles. The van der Waals surface area contributed by atoms with Crippen LogP contribution in [0.2, 0.25) is 5.02 Å². The van der Waals surface area contributed by atoms with Crippen molar-refractivity contribution in [2.45, 2.75) is 6.92 Å². The standard InChI is InChI=1S/C12H15ClN2O3/c1-7(6-14)11(16)15-8-3-4-10(13)9(5-8)12(17)18-2/h3-5,7H,6,14H2,1-2H3,(H,15,16). The topological polar surface area (TPSA) is 81.4 Å². The monoisotopic (exact) mass is 270 g/mol. The van der Waals surface area contributed by atoms with Gasteiger partial charge in [-0.3, -0.25) is 4.79 Å². The Balaban J connectivity index is 2.92. The number of hydrogen-bond donors (Lipinski definition) is 2. The lowest BCUT2D eigenvalue weighted by molar-refractivity contribution is -0.119. The zero-order valence-corrected chi connectivity index (χ0v) is 11.0. The summed E-state index contributed by atoms with van der Waals surface area (Å²) >= 11 is 5.86. The van der Waals surface area contributed by atoms with Crippen molar-refractivity contribution < 1.29 is 14.3 Å². The Hall–Kier alpha value is -1.59. The number of esters is 1. The second-order valence-corrected chi connectivity index (χ2v) is 4.22. The van der Waals surface area contributed by atoms with E-state index >= 15 is 0 Å². The largest absolute Gasteiger partial charge is 0.465 e. The molecule has 1 aromatic rings. The lowest BCUT2D eigenvalue weighted by Crippen LogP contribution is -2.26. The molecular formula is C12H15ClN2O3. The first kappa shape index (κ1) is 14.5. The predicted octanol–water partition coefficient (Wildman–Crippen LogP) is 1.66. The number of carbonyl (C=O) groups is 2. The summed E-state index contributed by atoms with van der Waals surface area (Å²) < 4.78 is 4.59. The molecule has 1 rings (SSSR count). The highest BCUT2D eigenvalue weighted by Crippen LogP contribution is 2.21. The molecule has 18 heavy (non-hydrogen) atoms. The van der Waals surface area contributed by atoms with Gasteiger partial charge in [0.2, 0.25) is 5.91 Å². The highest BCUT2D eigenvalue weighted by molar-refractivity contribution is 6.33. The molecule has 0 bridgehead atoms. The average Bonchev–Trinajstić information content (AvgIpc) is 2.38. The number of rotatable bonds is 4. The van der Waals surface area contributed by atoms with Crippen LogP contribution < -0.4 is 11.1 Å². The fraction of sp³-hybridized carbons (Fsp3) is 0.333. The maximum atomic E-state index is 11.6. The summed E-state index contributed by atoms with van der Waals surface area (Å²) in [6.07, 6.45) is 0. The second kappa shape index (κ2) is 6.37. The van der Waals surface area contributed by atoms with Gasteiger partial charge in [0.25, 0.3) is 0 Å². The molecule has 0 radical (unpaired) electrons. The molecule has 0 aliphatic carbocycles. The maximum absolute atomic E-state index is 11.6. The molecule has 1 aromatic carbocycles. The van der Waals surface area contributed by atoms with Gasteiger partial charge in [0.1, 0.15) is 0 Å². The number of hydrogen-bond acceptors (Lipinski definition) is 4. The van der Waals surface area contributed by atoms with E-state index in [1.807, 2.05) is 0 Å². The van der Waals surface area contributed by atoms with Crippen LogP contribution in [-0.2, 0) is 9.53 Å². The van der Waals surface area contributed by atoms with E-state index in [2.05, 4.69) is 10.1 Å². The molecule has 0 saturated carbocycles. The van der Waals surface area contributed by atoms with Crippen LogP contribution in [0.15, 0.2) is 18.2 Å². The van der Waals surface area contributed by atoms with E-state index in [0.29, 0.717) is 5.69 Å². The minimum Gasteiger partial charge on any atom is -0.465 e. The first-order valence-corrected chi connectivity index (χ1v) is 5.76. The number of halogens is 1.